The molecule has 1 rings (SSSR count). The second-order valence-corrected chi connectivity index (χ2v) is 4.62. The summed E-state index contributed by atoms with van der Waals surface area (Å²) in [4.78, 5) is 2.59. The molecule has 0 aromatic rings. The van der Waals surface area contributed by atoms with Gasteiger partial charge < -0.3 is 4.90 Å². The first-order chi connectivity index (χ1) is 5.72. The van der Waals surface area contributed by atoms with Crippen LogP contribution >= 0.6 is 0 Å². The molecule has 1 nitrogen and oxygen atoms in total. The molecule has 0 bridgehead atoms. The van der Waals surface area contributed by atoms with Gasteiger partial charge in [-0.15, -0.1) is 0 Å². The van der Waals surface area contributed by atoms with Gasteiger partial charge >= 0.3 is 0 Å². The molecule has 0 atom stereocenters. The van der Waals surface area contributed by atoms with Gasteiger partial charge in [0.1, 0.15) is 0 Å². The van der Waals surface area contributed by atoms with E-state index in [-0.39, 0.29) is 0 Å². The van der Waals surface area contributed by atoms with E-state index < -0.39 is 0 Å². The summed E-state index contributed by atoms with van der Waals surface area (Å²) >= 11 is 0. The Hall–Kier alpha value is -0.0400. The minimum atomic E-state index is 0.845. The molecule has 0 aromatic heterocycles. The summed E-state index contributed by atoms with van der Waals surface area (Å²) in [6, 6.07) is 0. The van der Waals surface area contributed by atoms with Crippen molar-refractivity contribution < 1.29 is 0 Å². The van der Waals surface area contributed by atoms with Gasteiger partial charge in [0.2, 0.25) is 0 Å². The van der Waals surface area contributed by atoms with E-state index in [9.17, 15) is 0 Å². The van der Waals surface area contributed by atoms with Crippen molar-refractivity contribution in [1.29, 1.82) is 0 Å². The highest BCUT2D eigenvalue weighted by molar-refractivity contribution is 4.79. The van der Waals surface area contributed by atoms with Gasteiger partial charge in [0.25, 0.3) is 0 Å². The Kier molecular flexibility index (Phi) is 4.07. The Morgan fingerprint density at radius 2 is 2.00 bits per heavy atom. The van der Waals surface area contributed by atoms with Crippen molar-refractivity contribution in [2.75, 3.05) is 19.6 Å². The predicted molar refractivity (Wildman–Crippen MR) is 54.3 cm³/mol. The molecule has 0 amide bonds. The molecule has 1 aliphatic rings. The topological polar surface area (TPSA) is 3.24 Å². The van der Waals surface area contributed by atoms with Gasteiger partial charge in [0.05, 0.1) is 0 Å². The van der Waals surface area contributed by atoms with Crippen molar-refractivity contribution in [2.45, 2.75) is 40.0 Å². The van der Waals surface area contributed by atoms with Crippen molar-refractivity contribution in [3.63, 3.8) is 0 Å². The molecular formula is C11H23N. The summed E-state index contributed by atoms with van der Waals surface area (Å²) in [5, 5.41) is 0. The average Bonchev–Trinajstić information content (AvgIpc) is 1.93. The summed E-state index contributed by atoms with van der Waals surface area (Å²) in [5.41, 5.74) is 0. The van der Waals surface area contributed by atoms with Crippen LogP contribution in [-0.2, 0) is 0 Å². The Morgan fingerprint density at radius 3 is 2.50 bits per heavy atom. The van der Waals surface area contributed by atoms with E-state index >= 15 is 0 Å². The molecule has 0 radical (unpaired) electrons. The van der Waals surface area contributed by atoms with Crippen LogP contribution in [0.3, 0.4) is 0 Å². The molecule has 12 heavy (non-hydrogen) atoms. The monoisotopic (exact) mass is 169 g/mol. The van der Waals surface area contributed by atoms with Gasteiger partial charge in [-0.05, 0) is 18.3 Å². The smallest absolute Gasteiger partial charge is 0.00221 e. The molecule has 0 saturated carbocycles. The van der Waals surface area contributed by atoms with Gasteiger partial charge in [0.15, 0.2) is 0 Å². The van der Waals surface area contributed by atoms with E-state index in [0.717, 1.165) is 11.8 Å². The molecule has 0 spiro atoms. The fraction of sp³-hybridized carbons (Fsp3) is 1.00. The molecule has 0 N–H and O–H groups in total. The van der Waals surface area contributed by atoms with E-state index in [1.807, 2.05) is 0 Å². The van der Waals surface area contributed by atoms with Gasteiger partial charge in [-0.2, -0.15) is 0 Å². The van der Waals surface area contributed by atoms with Crippen LogP contribution in [0.4, 0.5) is 0 Å². The first kappa shape index (κ1) is 10.0. The van der Waals surface area contributed by atoms with E-state index in [0.29, 0.717) is 0 Å². The first-order valence-electron chi connectivity index (χ1n) is 5.44. The van der Waals surface area contributed by atoms with Crippen molar-refractivity contribution in [2.24, 2.45) is 11.8 Å². The zero-order chi connectivity index (χ0) is 8.97. The molecular weight excluding hydrogens is 146 g/mol. The van der Waals surface area contributed by atoms with Crippen LogP contribution in [0.25, 0.3) is 0 Å². The van der Waals surface area contributed by atoms with Crippen LogP contribution in [0, 0.1) is 11.8 Å². The van der Waals surface area contributed by atoms with Gasteiger partial charge in [0, 0.05) is 19.6 Å². The Labute approximate surface area is 77.1 Å². The van der Waals surface area contributed by atoms with Crippen LogP contribution < -0.4 is 0 Å². The summed E-state index contributed by atoms with van der Waals surface area (Å²) in [6.45, 7) is 10.9. The van der Waals surface area contributed by atoms with Gasteiger partial charge in [-0.1, -0.05) is 33.6 Å². The lowest BCUT2D eigenvalue weighted by atomic mass is 9.93. The van der Waals surface area contributed by atoms with Gasteiger partial charge in [-0.3, -0.25) is 0 Å². The van der Waals surface area contributed by atoms with Crippen LogP contribution in [0.2, 0.25) is 0 Å². The first-order valence-corrected chi connectivity index (χ1v) is 5.44. The van der Waals surface area contributed by atoms with Crippen LogP contribution in [-0.4, -0.2) is 24.5 Å². The SMILES string of the molecule is CCCCC1CN(CC(C)C)C1. The lowest BCUT2D eigenvalue weighted by molar-refractivity contribution is 0.0801. The minimum absolute atomic E-state index is 0.845. The molecule has 1 saturated heterocycles. The zero-order valence-corrected chi connectivity index (χ0v) is 8.84. The number of hydrogen-bond donors (Lipinski definition) is 0. The molecule has 1 heterocycles. The maximum Gasteiger partial charge on any atom is 0.00221 e. The van der Waals surface area contributed by atoms with E-state index in [4.69, 9.17) is 0 Å². The van der Waals surface area contributed by atoms with Crippen molar-refractivity contribution >= 4 is 0 Å². The lowest BCUT2D eigenvalue weighted by Gasteiger charge is -2.40. The Bertz CT molecular complexity index is 114. The Morgan fingerprint density at radius 1 is 1.33 bits per heavy atom. The second kappa shape index (κ2) is 4.86. The van der Waals surface area contributed by atoms with Crippen molar-refractivity contribution in [3.8, 4) is 0 Å². The van der Waals surface area contributed by atoms with Gasteiger partial charge in [-0.25, -0.2) is 0 Å². The summed E-state index contributed by atoms with van der Waals surface area (Å²) < 4.78 is 0. The van der Waals surface area contributed by atoms with E-state index in [2.05, 4.69) is 25.7 Å². The third-order valence-corrected chi connectivity index (χ3v) is 2.62. The van der Waals surface area contributed by atoms with Crippen molar-refractivity contribution in [1.82, 2.24) is 4.90 Å². The fourth-order valence-electron chi connectivity index (χ4n) is 2.02. The third-order valence-electron chi connectivity index (χ3n) is 2.62. The maximum atomic E-state index is 2.59. The number of hydrogen-bond acceptors (Lipinski definition) is 1. The normalized spacial score (nSPS) is 20.0. The largest absolute Gasteiger partial charge is 0.302 e. The molecule has 0 aliphatic carbocycles. The maximum absolute atomic E-state index is 2.59. The summed E-state index contributed by atoms with van der Waals surface area (Å²) in [5.74, 6) is 1.88. The highest BCUT2D eigenvalue weighted by Crippen LogP contribution is 2.21. The summed E-state index contributed by atoms with van der Waals surface area (Å²) in [6.07, 6.45) is 4.26. The van der Waals surface area contributed by atoms with Crippen LogP contribution in [0.15, 0.2) is 0 Å². The Balaban J connectivity index is 1.96. The minimum Gasteiger partial charge on any atom is -0.302 e. The van der Waals surface area contributed by atoms with Crippen LogP contribution in [0.5, 0.6) is 0 Å². The van der Waals surface area contributed by atoms with Crippen LogP contribution in [0.1, 0.15) is 40.0 Å². The second-order valence-electron chi connectivity index (χ2n) is 4.62. The molecule has 1 heteroatoms. The summed E-state index contributed by atoms with van der Waals surface area (Å²) in [7, 11) is 0. The van der Waals surface area contributed by atoms with E-state index in [1.54, 1.807) is 0 Å². The highest BCUT2D eigenvalue weighted by Gasteiger charge is 2.25. The number of likely N-dealkylation sites (tertiary alicyclic amines) is 1. The molecule has 0 aromatic carbocycles. The van der Waals surface area contributed by atoms with E-state index in [1.165, 1.54) is 38.9 Å². The average molecular weight is 169 g/mol. The zero-order valence-electron chi connectivity index (χ0n) is 8.84. The standard InChI is InChI=1S/C11H23N/c1-4-5-6-11-8-12(9-11)7-10(2)3/h10-11H,4-9H2,1-3H3. The molecule has 1 fully saturated rings. The fourth-order valence-corrected chi connectivity index (χ4v) is 2.02. The third kappa shape index (κ3) is 3.14. The predicted octanol–water partition coefficient (Wildman–Crippen LogP) is 2.76. The molecule has 1 aliphatic heterocycles. The van der Waals surface area contributed by atoms with Crippen molar-refractivity contribution in [3.05, 3.63) is 0 Å². The quantitative estimate of drug-likeness (QED) is 0.611. The highest BCUT2D eigenvalue weighted by atomic mass is 15.2. The number of nitrogens with zero attached hydrogens (tertiary/aromatic N) is 1. The number of rotatable bonds is 5. The number of unbranched alkanes of at least 4 members (excludes halogenated alkanes) is 1. The molecule has 72 valence electrons. The molecule has 0 unspecified atom stereocenters. The lowest BCUT2D eigenvalue weighted by Crippen LogP contribution is -2.47.